The number of rotatable bonds is 67. The zero-order valence-electron chi connectivity index (χ0n) is 55.4. The van der Waals surface area contributed by atoms with Crippen LogP contribution in [0.5, 0.6) is 0 Å². The summed E-state index contributed by atoms with van der Waals surface area (Å²) in [4.78, 5) is 72.3. The molecule has 0 amide bonds. The zero-order valence-corrected chi connectivity index (χ0v) is 57.2. The third-order valence-corrected chi connectivity index (χ3v) is 17.4. The van der Waals surface area contributed by atoms with E-state index in [0.717, 1.165) is 109 Å². The third-order valence-electron chi connectivity index (χ3n) is 15.5. The second-order valence-corrected chi connectivity index (χ2v) is 27.6. The van der Waals surface area contributed by atoms with Crippen LogP contribution in [0.1, 0.15) is 343 Å². The first-order valence-corrected chi connectivity index (χ1v) is 38.1. The molecular formula is C67H130O17P2. The molecule has 0 bridgehead atoms. The lowest BCUT2D eigenvalue weighted by Gasteiger charge is -2.21. The van der Waals surface area contributed by atoms with Crippen molar-refractivity contribution in [2.24, 2.45) is 5.92 Å². The van der Waals surface area contributed by atoms with Crippen molar-refractivity contribution >= 4 is 39.5 Å². The lowest BCUT2D eigenvalue weighted by atomic mass is 10.0. The Morgan fingerprint density at radius 3 is 0.791 bits per heavy atom. The molecule has 2 unspecified atom stereocenters. The van der Waals surface area contributed by atoms with Gasteiger partial charge >= 0.3 is 39.5 Å². The van der Waals surface area contributed by atoms with Crippen LogP contribution in [0.25, 0.3) is 0 Å². The normalized spacial score (nSPS) is 14.2. The number of hydrogen-bond donors (Lipinski definition) is 3. The largest absolute Gasteiger partial charge is 0.472 e. The van der Waals surface area contributed by atoms with E-state index in [-0.39, 0.29) is 25.7 Å². The molecule has 0 fully saturated rings. The van der Waals surface area contributed by atoms with Crippen molar-refractivity contribution < 1.29 is 80.2 Å². The Kier molecular flexibility index (Phi) is 59.2. The summed E-state index contributed by atoms with van der Waals surface area (Å²) in [5, 5.41) is 10.5. The van der Waals surface area contributed by atoms with Gasteiger partial charge in [-0.3, -0.25) is 37.3 Å². The van der Waals surface area contributed by atoms with E-state index in [1.165, 1.54) is 154 Å². The minimum Gasteiger partial charge on any atom is -0.462 e. The summed E-state index contributed by atoms with van der Waals surface area (Å²) in [6.45, 7) is 7.15. The second-order valence-electron chi connectivity index (χ2n) is 24.7. The van der Waals surface area contributed by atoms with Gasteiger partial charge in [-0.25, -0.2) is 9.13 Å². The predicted molar refractivity (Wildman–Crippen MR) is 345 cm³/mol. The molecule has 0 saturated carbocycles. The van der Waals surface area contributed by atoms with Crippen molar-refractivity contribution in [3.63, 3.8) is 0 Å². The summed E-state index contributed by atoms with van der Waals surface area (Å²) in [6, 6.07) is 0. The number of carbonyl (C=O) groups is 4. The summed E-state index contributed by atoms with van der Waals surface area (Å²) in [5.74, 6) is -1.41. The third kappa shape index (κ3) is 60.9. The molecule has 0 spiro atoms. The van der Waals surface area contributed by atoms with E-state index in [9.17, 15) is 43.2 Å². The van der Waals surface area contributed by atoms with Crippen LogP contribution in [0.2, 0.25) is 0 Å². The van der Waals surface area contributed by atoms with Gasteiger partial charge in [0.2, 0.25) is 0 Å². The molecule has 3 N–H and O–H groups in total. The van der Waals surface area contributed by atoms with Crippen LogP contribution >= 0.6 is 15.6 Å². The van der Waals surface area contributed by atoms with E-state index in [4.69, 9.17) is 37.0 Å². The Morgan fingerprint density at radius 1 is 0.314 bits per heavy atom. The first kappa shape index (κ1) is 84.1. The highest BCUT2D eigenvalue weighted by atomic mass is 31.2. The Balaban J connectivity index is 5.21. The first-order valence-electron chi connectivity index (χ1n) is 35.1. The van der Waals surface area contributed by atoms with E-state index in [1.807, 2.05) is 0 Å². The second kappa shape index (κ2) is 60.6. The standard InChI is InChI=1S/C67H130O17P2/c1-6-9-12-15-18-20-22-24-26-28-30-36-41-46-51-65(70)78-57-63(83-66(71)52-47-42-37-31-29-27-25-23-21-19-16-13-10-7-2)59-82-86(75,76)80-55-61(68)54-79-85(73,74)81-58-62(56-77-64(69)50-45-40-34-17-14-11-8-3)84-67(72)53-48-43-38-33-32-35-39-44-49-60(4)5/h60-63,68H,6-59H2,1-5H3,(H,73,74)(H,75,76)/t61-,62+,63+/m0/s1. The van der Waals surface area contributed by atoms with Gasteiger partial charge in [-0.2, -0.15) is 0 Å². The fourth-order valence-corrected chi connectivity index (χ4v) is 11.7. The maximum atomic E-state index is 13.0. The van der Waals surface area contributed by atoms with Gasteiger partial charge in [-0.15, -0.1) is 0 Å². The van der Waals surface area contributed by atoms with Crippen molar-refractivity contribution in [1.29, 1.82) is 0 Å². The zero-order chi connectivity index (χ0) is 63.5. The summed E-state index contributed by atoms with van der Waals surface area (Å²) >= 11 is 0. The molecule has 0 aromatic carbocycles. The Hall–Kier alpha value is -1.94. The van der Waals surface area contributed by atoms with Crippen LogP contribution in [0.4, 0.5) is 0 Å². The summed E-state index contributed by atoms with van der Waals surface area (Å²) in [6.07, 6.45) is 45.9. The van der Waals surface area contributed by atoms with E-state index in [2.05, 4.69) is 34.6 Å². The van der Waals surface area contributed by atoms with Crippen molar-refractivity contribution in [3.05, 3.63) is 0 Å². The first-order chi connectivity index (χ1) is 41.5. The average Bonchev–Trinajstić information content (AvgIpc) is 3.61. The van der Waals surface area contributed by atoms with Crippen molar-refractivity contribution in [2.75, 3.05) is 39.6 Å². The molecule has 510 valence electrons. The lowest BCUT2D eigenvalue weighted by Crippen LogP contribution is -2.30. The molecule has 0 aliphatic heterocycles. The van der Waals surface area contributed by atoms with Gasteiger partial charge in [0.15, 0.2) is 12.2 Å². The molecule has 0 aliphatic rings. The number of esters is 4. The highest BCUT2D eigenvalue weighted by molar-refractivity contribution is 7.47. The van der Waals surface area contributed by atoms with Gasteiger partial charge in [-0.05, 0) is 31.6 Å². The number of ether oxygens (including phenoxy) is 4. The molecule has 0 aliphatic carbocycles. The fraction of sp³-hybridized carbons (Fsp3) is 0.940. The molecule has 0 aromatic heterocycles. The molecule has 19 heteroatoms. The Labute approximate surface area is 524 Å². The summed E-state index contributed by atoms with van der Waals surface area (Å²) in [7, 11) is -9.89. The summed E-state index contributed by atoms with van der Waals surface area (Å²) < 4.78 is 68.1. The maximum Gasteiger partial charge on any atom is 0.472 e. The molecule has 5 atom stereocenters. The highest BCUT2D eigenvalue weighted by Gasteiger charge is 2.30. The van der Waals surface area contributed by atoms with E-state index >= 15 is 0 Å². The number of phosphoric ester groups is 2. The van der Waals surface area contributed by atoms with E-state index in [0.29, 0.717) is 25.7 Å². The van der Waals surface area contributed by atoms with Crippen LogP contribution in [0.3, 0.4) is 0 Å². The van der Waals surface area contributed by atoms with Crippen LogP contribution in [0.15, 0.2) is 0 Å². The van der Waals surface area contributed by atoms with Crippen molar-refractivity contribution in [2.45, 2.75) is 361 Å². The molecule has 0 rings (SSSR count). The average molecular weight is 1270 g/mol. The number of unbranched alkanes of at least 4 members (excludes halogenated alkanes) is 39. The number of aliphatic hydroxyl groups excluding tert-OH is 1. The maximum absolute atomic E-state index is 13.0. The molecule has 86 heavy (non-hydrogen) atoms. The Bertz CT molecular complexity index is 1670. The summed E-state index contributed by atoms with van der Waals surface area (Å²) in [5.41, 5.74) is 0. The van der Waals surface area contributed by atoms with Gasteiger partial charge in [0.05, 0.1) is 26.4 Å². The molecule has 0 radical (unpaired) electrons. The molecule has 0 aromatic rings. The quantitative estimate of drug-likeness (QED) is 0.0222. The number of phosphoric acid groups is 2. The SMILES string of the molecule is CCCCCCCCCCCCCCCCC(=O)OC[C@H](COP(=O)(O)OC[C@@H](O)COP(=O)(O)OC[C@@H](COC(=O)CCCCCCCCC)OC(=O)CCCCCCCCCCC(C)C)OC(=O)CCCCCCCCCCCCCCCC. The van der Waals surface area contributed by atoms with Gasteiger partial charge < -0.3 is 33.8 Å². The smallest absolute Gasteiger partial charge is 0.462 e. The topological polar surface area (TPSA) is 237 Å². The van der Waals surface area contributed by atoms with Crippen LogP contribution < -0.4 is 0 Å². The number of aliphatic hydroxyl groups is 1. The highest BCUT2D eigenvalue weighted by Crippen LogP contribution is 2.45. The van der Waals surface area contributed by atoms with Gasteiger partial charge in [0, 0.05) is 25.7 Å². The van der Waals surface area contributed by atoms with E-state index in [1.54, 1.807) is 0 Å². The minimum atomic E-state index is -4.95. The minimum absolute atomic E-state index is 0.104. The number of carbonyl (C=O) groups excluding carboxylic acids is 4. The van der Waals surface area contributed by atoms with E-state index < -0.39 is 97.5 Å². The fourth-order valence-electron chi connectivity index (χ4n) is 10.1. The van der Waals surface area contributed by atoms with Crippen LogP contribution in [-0.4, -0.2) is 96.7 Å². The molecule has 0 saturated heterocycles. The van der Waals surface area contributed by atoms with Crippen LogP contribution in [-0.2, 0) is 65.4 Å². The monoisotopic (exact) mass is 1270 g/mol. The van der Waals surface area contributed by atoms with Gasteiger partial charge in [0.25, 0.3) is 0 Å². The number of hydrogen-bond acceptors (Lipinski definition) is 15. The van der Waals surface area contributed by atoms with Crippen molar-refractivity contribution in [3.8, 4) is 0 Å². The molecule has 17 nitrogen and oxygen atoms in total. The van der Waals surface area contributed by atoms with Crippen LogP contribution in [0, 0.1) is 5.92 Å². The lowest BCUT2D eigenvalue weighted by molar-refractivity contribution is -0.161. The molecular weight excluding hydrogens is 1140 g/mol. The van der Waals surface area contributed by atoms with Gasteiger partial charge in [0.1, 0.15) is 19.3 Å². The van der Waals surface area contributed by atoms with Crippen molar-refractivity contribution in [1.82, 2.24) is 0 Å². The van der Waals surface area contributed by atoms with Gasteiger partial charge in [-0.1, -0.05) is 291 Å². The predicted octanol–water partition coefficient (Wildman–Crippen LogP) is 19.0. The molecule has 0 heterocycles. The Morgan fingerprint density at radius 2 is 0.535 bits per heavy atom.